The number of primary amides is 1. The van der Waals surface area contributed by atoms with E-state index in [0.29, 0.717) is 24.5 Å². The maximum Gasteiger partial charge on any atom is 0.312 e. The number of hydrogen-bond donors (Lipinski definition) is 3. The number of sulfonamides is 1. The normalized spacial score (nSPS) is 15.8. The molecule has 2 aromatic rings. The Morgan fingerprint density at radius 2 is 1.81 bits per heavy atom. The monoisotopic (exact) mass is 446 g/mol. The minimum atomic E-state index is -3.73. The summed E-state index contributed by atoms with van der Waals surface area (Å²) in [6.45, 7) is 2.94. The molecular formula is C21H26N4O5S. The second-order valence-electron chi connectivity index (χ2n) is 7.24. The number of benzene rings is 2. The van der Waals surface area contributed by atoms with Gasteiger partial charge in [0, 0.05) is 25.2 Å². The van der Waals surface area contributed by atoms with Crippen molar-refractivity contribution in [2.24, 2.45) is 5.73 Å². The number of nitrogens with zero attached hydrogens (tertiary/aromatic N) is 1. The fraction of sp³-hybridized carbons (Fsp3) is 0.333. The highest BCUT2D eigenvalue weighted by molar-refractivity contribution is 7.89. The van der Waals surface area contributed by atoms with Gasteiger partial charge in [-0.1, -0.05) is 36.4 Å². The van der Waals surface area contributed by atoms with Crippen molar-refractivity contribution < 1.29 is 22.7 Å². The average molecular weight is 447 g/mol. The molecule has 1 heterocycles. The van der Waals surface area contributed by atoms with E-state index >= 15 is 0 Å². The van der Waals surface area contributed by atoms with Gasteiger partial charge < -0.3 is 21.1 Å². The third-order valence-electron chi connectivity index (χ3n) is 4.96. The topological polar surface area (TPSA) is 131 Å². The first-order valence-electron chi connectivity index (χ1n) is 9.86. The predicted molar refractivity (Wildman–Crippen MR) is 116 cm³/mol. The summed E-state index contributed by atoms with van der Waals surface area (Å²) in [4.78, 5) is 24.4. The average Bonchev–Trinajstić information content (AvgIpc) is 2.75. The van der Waals surface area contributed by atoms with Crippen molar-refractivity contribution in [3.8, 4) is 0 Å². The van der Waals surface area contributed by atoms with Crippen molar-refractivity contribution in [1.29, 1.82) is 0 Å². The molecule has 0 radical (unpaired) electrons. The molecule has 1 atom stereocenters. The van der Waals surface area contributed by atoms with Crippen LogP contribution >= 0.6 is 0 Å². The van der Waals surface area contributed by atoms with Crippen LogP contribution in [0.3, 0.4) is 0 Å². The third kappa shape index (κ3) is 5.81. The Morgan fingerprint density at radius 1 is 1.13 bits per heavy atom. The van der Waals surface area contributed by atoms with Crippen LogP contribution in [0.25, 0.3) is 0 Å². The smallest absolute Gasteiger partial charge is 0.312 e. The molecule has 3 amide bonds. The number of nitrogens with one attached hydrogen (secondary N) is 2. The van der Waals surface area contributed by atoms with Crippen molar-refractivity contribution in [2.45, 2.75) is 24.3 Å². The molecule has 4 N–H and O–H groups in total. The van der Waals surface area contributed by atoms with Crippen LogP contribution in [0, 0.1) is 6.92 Å². The lowest BCUT2D eigenvalue weighted by molar-refractivity contribution is -0.117. The Bertz CT molecular complexity index is 1040. The summed E-state index contributed by atoms with van der Waals surface area (Å²) in [5, 5.41) is 5.14. The van der Waals surface area contributed by atoms with Crippen LogP contribution in [0.5, 0.6) is 0 Å². The Kier molecular flexibility index (Phi) is 7.26. The number of aryl methyl sites for hydroxylation is 1. The number of carbonyl (C=O) groups excluding carboxylic acids is 2. The molecular weight excluding hydrogens is 420 g/mol. The lowest BCUT2D eigenvalue weighted by atomic mass is 10.1. The maximum atomic E-state index is 13.1. The number of morpholine rings is 1. The summed E-state index contributed by atoms with van der Waals surface area (Å²) in [5.41, 5.74) is 6.96. The van der Waals surface area contributed by atoms with E-state index in [1.54, 1.807) is 19.1 Å². The molecule has 166 valence electrons. The zero-order chi connectivity index (χ0) is 22.4. The summed E-state index contributed by atoms with van der Waals surface area (Å²) in [5.74, 6) is -0.499. The van der Waals surface area contributed by atoms with E-state index in [1.807, 2.05) is 30.3 Å². The molecule has 3 rings (SSSR count). The number of rotatable bonds is 7. The van der Waals surface area contributed by atoms with Crippen LogP contribution in [0.4, 0.5) is 10.5 Å². The molecule has 0 aliphatic carbocycles. The fourth-order valence-electron chi connectivity index (χ4n) is 3.34. The molecule has 0 aromatic heterocycles. The van der Waals surface area contributed by atoms with Gasteiger partial charge in [0.2, 0.25) is 15.9 Å². The number of amides is 3. The van der Waals surface area contributed by atoms with Gasteiger partial charge >= 0.3 is 6.03 Å². The van der Waals surface area contributed by atoms with Crippen LogP contribution in [0.1, 0.15) is 11.1 Å². The number of hydrogen-bond acceptors (Lipinski definition) is 5. The first-order chi connectivity index (χ1) is 14.8. The number of nitrogens with two attached hydrogens (primary N) is 1. The van der Waals surface area contributed by atoms with Crippen LogP contribution in [0.15, 0.2) is 53.4 Å². The molecule has 1 aliphatic rings. The van der Waals surface area contributed by atoms with Gasteiger partial charge in [-0.2, -0.15) is 4.31 Å². The molecule has 1 saturated heterocycles. The largest absolute Gasteiger partial charge is 0.379 e. The van der Waals surface area contributed by atoms with Gasteiger partial charge in [-0.3, -0.25) is 4.79 Å². The first-order valence-corrected chi connectivity index (χ1v) is 11.3. The van der Waals surface area contributed by atoms with E-state index < -0.39 is 28.0 Å². The lowest BCUT2D eigenvalue weighted by Crippen LogP contribution is -2.47. The van der Waals surface area contributed by atoms with Gasteiger partial charge in [-0.15, -0.1) is 0 Å². The maximum absolute atomic E-state index is 13.1. The van der Waals surface area contributed by atoms with Crippen molar-refractivity contribution >= 4 is 27.6 Å². The third-order valence-corrected chi connectivity index (χ3v) is 7.00. The molecule has 2 aromatic carbocycles. The number of urea groups is 1. The number of ether oxygens (including phenoxy) is 1. The molecule has 9 nitrogen and oxygen atoms in total. The zero-order valence-corrected chi connectivity index (χ0v) is 18.0. The van der Waals surface area contributed by atoms with Crippen molar-refractivity contribution in [3.63, 3.8) is 0 Å². The molecule has 1 aliphatic heterocycles. The Balaban J connectivity index is 1.81. The van der Waals surface area contributed by atoms with Crippen LogP contribution in [-0.4, -0.2) is 57.0 Å². The van der Waals surface area contributed by atoms with Gasteiger partial charge in [0.1, 0.15) is 6.04 Å². The zero-order valence-electron chi connectivity index (χ0n) is 17.2. The van der Waals surface area contributed by atoms with E-state index in [-0.39, 0.29) is 24.4 Å². The Hall–Kier alpha value is -2.95. The summed E-state index contributed by atoms with van der Waals surface area (Å²) in [7, 11) is -3.73. The number of anilines is 1. The molecule has 0 saturated carbocycles. The molecule has 0 bridgehead atoms. The predicted octanol–water partition coefficient (Wildman–Crippen LogP) is 1.23. The highest BCUT2D eigenvalue weighted by Gasteiger charge is 2.28. The van der Waals surface area contributed by atoms with E-state index in [0.717, 1.165) is 5.56 Å². The molecule has 10 heteroatoms. The van der Waals surface area contributed by atoms with Gasteiger partial charge in [0.05, 0.1) is 18.1 Å². The molecule has 31 heavy (non-hydrogen) atoms. The molecule has 0 spiro atoms. The van der Waals surface area contributed by atoms with Crippen molar-refractivity contribution in [3.05, 3.63) is 59.7 Å². The van der Waals surface area contributed by atoms with E-state index in [9.17, 15) is 18.0 Å². The minimum Gasteiger partial charge on any atom is -0.379 e. The fourth-order valence-corrected chi connectivity index (χ4v) is 5.00. The Morgan fingerprint density at radius 3 is 2.45 bits per heavy atom. The van der Waals surface area contributed by atoms with E-state index in [4.69, 9.17) is 10.5 Å². The summed E-state index contributed by atoms with van der Waals surface area (Å²) in [6, 6.07) is 12.1. The Labute approximate surface area is 181 Å². The van der Waals surface area contributed by atoms with Gasteiger partial charge in [-0.05, 0) is 30.2 Å². The quantitative estimate of drug-likeness (QED) is 0.589. The van der Waals surface area contributed by atoms with Crippen LogP contribution in [0.2, 0.25) is 0 Å². The number of carbonyl (C=O) groups is 2. The standard InChI is InChI=1S/C21H26N4O5S/c1-15-7-8-17(14-19(15)31(28,29)25-9-11-30-12-10-25)23-20(26)18(24-21(22)27)13-16-5-3-2-4-6-16/h2-8,14,18H,9-13H2,1H3,(H,23,26)(H3,22,24,27). The molecule has 1 fully saturated rings. The summed E-state index contributed by atoms with van der Waals surface area (Å²) >= 11 is 0. The lowest BCUT2D eigenvalue weighted by Gasteiger charge is -2.27. The first kappa shape index (κ1) is 22.7. The van der Waals surface area contributed by atoms with Gasteiger partial charge in [0.15, 0.2) is 0 Å². The second-order valence-corrected chi connectivity index (χ2v) is 9.14. The van der Waals surface area contributed by atoms with E-state index in [2.05, 4.69) is 10.6 Å². The van der Waals surface area contributed by atoms with Crippen molar-refractivity contribution in [2.75, 3.05) is 31.6 Å². The SMILES string of the molecule is Cc1ccc(NC(=O)C(Cc2ccccc2)NC(N)=O)cc1S(=O)(=O)N1CCOCC1. The van der Waals surface area contributed by atoms with E-state index in [1.165, 1.54) is 10.4 Å². The van der Waals surface area contributed by atoms with Gasteiger partial charge in [-0.25, -0.2) is 13.2 Å². The summed E-state index contributed by atoms with van der Waals surface area (Å²) in [6.07, 6.45) is 0.237. The van der Waals surface area contributed by atoms with Gasteiger partial charge in [0.25, 0.3) is 0 Å². The van der Waals surface area contributed by atoms with Crippen LogP contribution < -0.4 is 16.4 Å². The highest BCUT2D eigenvalue weighted by Crippen LogP contribution is 2.24. The molecule has 1 unspecified atom stereocenters. The van der Waals surface area contributed by atoms with Crippen LogP contribution in [-0.2, 0) is 26.0 Å². The summed E-state index contributed by atoms with van der Waals surface area (Å²) < 4.78 is 32.7. The minimum absolute atomic E-state index is 0.120. The second kappa shape index (κ2) is 9.90. The highest BCUT2D eigenvalue weighted by atomic mass is 32.2. The van der Waals surface area contributed by atoms with Crippen molar-refractivity contribution in [1.82, 2.24) is 9.62 Å².